The van der Waals surface area contributed by atoms with Crippen molar-refractivity contribution in [2.45, 2.75) is 26.6 Å². The van der Waals surface area contributed by atoms with E-state index in [1.807, 2.05) is 23.0 Å². The van der Waals surface area contributed by atoms with Crippen LogP contribution in [0.3, 0.4) is 0 Å². The fraction of sp³-hybridized carbons (Fsp3) is 0.357. The molecule has 1 heterocycles. The Balaban J connectivity index is 1.91. The Labute approximate surface area is 108 Å². The first kappa shape index (κ1) is 12.6. The number of anilines is 1. The van der Waals surface area contributed by atoms with Gasteiger partial charge < -0.3 is 5.73 Å². The number of rotatable bonds is 5. The van der Waals surface area contributed by atoms with Gasteiger partial charge in [0.2, 0.25) is 0 Å². The molecule has 0 saturated carbocycles. The van der Waals surface area contributed by atoms with Crippen LogP contribution >= 0.6 is 0 Å². The lowest BCUT2D eigenvalue weighted by atomic mass is 10.2. The molecule has 0 aliphatic rings. The number of aryl methyl sites for hydroxylation is 1. The van der Waals surface area contributed by atoms with Crippen molar-refractivity contribution < 1.29 is 0 Å². The van der Waals surface area contributed by atoms with E-state index >= 15 is 0 Å². The van der Waals surface area contributed by atoms with Crippen molar-refractivity contribution in [3.8, 4) is 0 Å². The molecule has 0 saturated heterocycles. The average molecular weight is 244 g/mol. The zero-order valence-electron chi connectivity index (χ0n) is 11.0. The molecule has 0 aliphatic carbocycles. The molecule has 1 aromatic carbocycles. The topological polar surface area (TPSA) is 47.1 Å². The van der Waals surface area contributed by atoms with E-state index in [1.54, 1.807) is 0 Å². The highest BCUT2D eigenvalue weighted by Crippen LogP contribution is 2.10. The van der Waals surface area contributed by atoms with Gasteiger partial charge in [0.25, 0.3) is 0 Å². The van der Waals surface area contributed by atoms with Gasteiger partial charge in [-0.2, -0.15) is 5.10 Å². The number of nitrogens with zero attached hydrogens (tertiary/aromatic N) is 3. The zero-order valence-corrected chi connectivity index (χ0v) is 11.0. The lowest BCUT2D eigenvalue weighted by Crippen LogP contribution is -2.16. The highest BCUT2D eigenvalue weighted by atomic mass is 15.3. The highest BCUT2D eigenvalue weighted by molar-refractivity contribution is 5.39. The van der Waals surface area contributed by atoms with Crippen LogP contribution in [-0.4, -0.2) is 21.7 Å². The predicted octanol–water partition coefficient (Wildman–Crippen LogP) is 2.12. The van der Waals surface area contributed by atoms with Gasteiger partial charge >= 0.3 is 0 Å². The van der Waals surface area contributed by atoms with Crippen LogP contribution in [0.25, 0.3) is 0 Å². The first-order chi connectivity index (χ1) is 8.67. The molecular weight excluding hydrogens is 224 g/mol. The highest BCUT2D eigenvalue weighted by Gasteiger charge is 2.03. The van der Waals surface area contributed by atoms with Gasteiger partial charge in [0, 0.05) is 37.1 Å². The van der Waals surface area contributed by atoms with Crippen molar-refractivity contribution >= 4 is 5.69 Å². The summed E-state index contributed by atoms with van der Waals surface area (Å²) in [5, 5.41) is 4.28. The van der Waals surface area contributed by atoms with Crippen LogP contribution in [0.4, 0.5) is 5.69 Å². The van der Waals surface area contributed by atoms with E-state index in [0.29, 0.717) is 0 Å². The van der Waals surface area contributed by atoms with Crippen LogP contribution in [0.1, 0.15) is 18.1 Å². The largest absolute Gasteiger partial charge is 0.399 e. The van der Waals surface area contributed by atoms with Gasteiger partial charge in [-0.1, -0.05) is 12.1 Å². The fourth-order valence-corrected chi connectivity index (χ4v) is 1.96. The Morgan fingerprint density at radius 2 is 1.83 bits per heavy atom. The van der Waals surface area contributed by atoms with Crippen LogP contribution in [0, 0.1) is 0 Å². The number of nitrogen functional groups attached to an aromatic ring is 1. The van der Waals surface area contributed by atoms with E-state index in [1.165, 1.54) is 11.1 Å². The molecule has 0 fully saturated rings. The van der Waals surface area contributed by atoms with Crippen molar-refractivity contribution in [2.24, 2.45) is 0 Å². The van der Waals surface area contributed by atoms with Crippen molar-refractivity contribution in [1.29, 1.82) is 0 Å². The maximum Gasteiger partial charge on any atom is 0.0534 e. The molecule has 0 amide bonds. The van der Waals surface area contributed by atoms with Gasteiger partial charge in [-0.3, -0.25) is 9.58 Å². The van der Waals surface area contributed by atoms with E-state index in [-0.39, 0.29) is 0 Å². The standard InChI is InChI=1S/C14H20N4/c1-3-18-11-13(8-16-18)10-17(2)9-12-4-6-14(15)7-5-12/h4-8,11H,3,9-10,15H2,1-2H3. The fourth-order valence-electron chi connectivity index (χ4n) is 1.96. The monoisotopic (exact) mass is 244 g/mol. The SMILES string of the molecule is CCn1cc(CN(C)Cc2ccc(N)cc2)cn1. The summed E-state index contributed by atoms with van der Waals surface area (Å²) in [5.74, 6) is 0. The van der Waals surface area contributed by atoms with Gasteiger partial charge in [0.1, 0.15) is 0 Å². The van der Waals surface area contributed by atoms with Crippen LogP contribution < -0.4 is 5.73 Å². The van der Waals surface area contributed by atoms with E-state index in [4.69, 9.17) is 5.73 Å². The molecule has 0 atom stereocenters. The third kappa shape index (κ3) is 3.34. The lowest BCUT2D eigenvalue weighted by molar-refractivity contribution is 0.319. The van der Waals surface area contributed by atoms with E-state index in [2.05, 4.69) is 42.3 Å². The maximum absolute atomic E-state index is 5.67. The molecule has 0 bridgehead atoms. The summed E-state index contributed by atoms with van der Waals surface area (Å²) in [6.07, 6.45) is 4.03. The van der Waals surface area contributed by atoms with Crippen molar-refractivity contribution in [1.82, 2.24) is 14.7 Å². The molecule has 2 rings (SSSR count). The van der Waals surface area contributed by atoms with Crippen LogP contribution in [0.15, 0.2) is 36.7 Å². The number of benzene rings is 1. The summed E-state index contributed by atoms with van der Waals surface area (Å²) in [6.45, 7) is 4.83. The summed E-state index contributed by atoms with van der Waals surface area (Å²) in [6, 6.07) is 8.03. The summed E-state index contributed by atoms with van der Waals surface area (Å²) in [5.41, 5.74) is 9.00. The lowest BCUT2D eigenvalue weighted by Gasteiger charge is -2.15. The molecule has 0 unspecified atom stereocenters. The molecule has 4 nitrogen and oxygen atoms in total. The van der Waals surface area contributed by atoms with Crippen LogP contribution in [-0.2, 0) is 19.6 Å². The molecule has 18 heavy (non-hydrogen) atoms. The summed E-state index contributed by atoms with van der Waals surface area (Å²) in [7, 11) is 2.11. The average Bonchev–Trinajstić information content (AvgIpc) is 2.79. The number of hydrogen-bond acceptors (Lipinski definition) is 3. The first-order valence-electron chi connectivity index (χ1n) is 6.21. The predicted molar refractivity (Wildman–Crippen MR) is 73.9 cm³/mol. The third-order valence-electron chi connectivity index (χ3n) is 2.90. The smallest absolute Gasteiger partial charge is 0.0534 e. The van der Waals surface area contributed by atoms with Crippen LogP contribution in [0.5, 0.6) is 0 Å². The van der Waals surface area contributed by atoms with Gasteiger partial charge in [-0.25, -0.2) is 0 Å². The Hall–Kier alpha value is -1.81. The third-order valence-corrected chi connectivity index (χ3v) is 2.90. The minimum Gasteiger partial charge on any atom is -0.399 e. The zero-order chi connectivity index (χ0) is 13.0. The van der Waals surface area contributed by atoms with Gasteiger partial charge in [-0.15, -0.1) is 0 Å². The van der Waals surface area contributed by atoms with E-state index in [9.17, 15) is 0 Å². The Kier molecular flexibility index (Phi) is 3.99. The van der Waals surface area contributed by atoms with Gasteiger partial charge in [0.15, 0.2) is 0 Å². The second-order valence-corrected chi connectivity index (χ2v) is 4.62. The number of nitrogens with two attached hydrogens (primary N) is 1. The van der Waals surface area contributed by atoms with Gasteiger partial charge in [0.05, 0.1) is 6.20 Å². The Morgan fingerprint density at radius 1 is 1.17 bits per heavy atom. The summed E-state index contributed by atoms with van der Waals surface area (Å²) >= 11 is 0. The second-order valence-electron chi connectivity index (χ2n) is 4.62. The first-order valence-corrected chi connectivity index (χ1v) is 6.21. The second kappa shape index (κ2) is 5.69. The summed E-state index contributed by atoms with van der Waals surface area (Å²) in [4.78, 5) is 2.27. The molecule has 0 aliphatic heterocycles. The Bertz CT molecular complexity index is 487. The molecule has 2 aromatic rings. The molecule has 4 heteroatoms. The molecular formula is C14H20N4. The normalized spacial score (nSPS) is 11.1. The quantitative estimate of drug-likeness (QED) is 0.819. The minimum absolute atomic E-state index is 0.811. The Morgan fingerprint density at radius 3 is 2.44 bits per heavy atom. The van der Waals surface area contributed by atoms with Crippen LogP contribution in [0.2, 0.25) is 0 Å². The molecule has 2 N–H and O–H groups in total. The van der Waals surface area contributed by atoms with E-state index < -0.39 is 0 Å². The summed E-state index contributed by atoms with van der Waals surface area (Å²) < 4.78 is 1.95. The van der Waals surface area contributed by atoms with Crippen molar-refractivity contribution in [2.75, 3.05) is 12.8 Å². The van der Waals surface area contributed by atoms with E-state index in [0.717, 1.165) is 25.3 Å². The molecule has 1 aromatic heterocycles. The number of aromatic nitrogens is 2. The maximum atomic E-state index is 5.67. The minimum atomic E-state index is 0.811. The molecule has 0 spiro atoms. The molecule has 96 valence electrons. The van der Waals surface area contributed by atoms with Crippen molar-refractivity contribution in [3.63, 3.8) is 0 Å². The van der Waals surface area contributed by atoms with Gasteiger partial charge in [-0.05, 0) is 31.7 Å². The molecule has 0 radical (unpaired) electrons. The van der Waals surface area contributed by atoms with Crippen molar-refractivity contribution in [3.05, 3.63) is 47.8 Å². The number of hydrogen-bond donors (Lipinski definition) is 1.